The Balaban J connectivity index is 1.61. The first-order chi connectivity index (χ1) is 13.6. The van der Waals surface area contributed by atoms with Crippen LogP contribution in [0, 0.1) is 6.57 Å². The van der Waals surface area contributed by atoms with Crippen LogP contribution in [0.25, 0.3) is 16.4 Å². The van der Waals surface area contributed by atoms with Crippen LogP contribution in [0.15, 0.2) is 48.8 Å². The first-order valence-corrected chi connectivity index (χ1v) is 9.02. The van der Waals surface area contributed by atoms with Crippen LogP contribution >= 0.6 is 0 Å². The molecule has 8 nitrogen and oxygen atoms in total. The predicted molar refractivity (Wildman–Crippen MR) is 106 cm³/mol. The van der Waals surface area contributed by atoms with Crippen LogP contribution in [0.1, 0.15) is 19.9 Å². The van der Waals surface area contributed by atoms with E-state index in [2.05, 4.69) is 33.9 Å². The lowest BCUT2D eigenvalue weighted by Crippen LogP contribution is -2.32. The van der Waals surface area contributed by atoms with Crippen LogP contribution in [0.3, 0.4) is 0 Å². The van der Waals surface area contributed by atoms with Crippen molar-refractivity contribution >= 4 is 23.2 Å². The van der Waals surface area contributed by atoms with Gasteiger partial charge in [0.1, 0.15) is 17.8 Å². The van der Waals surface area contributed by atoms with Crippen molar-refractivity contribution in [3.05, 3.63) is 60.2 Å². The van der Waals surface area contributed by atoms with E-state index in [4.69, 9.17) is 6.57 Å². The molecule has 3 aromatic rings. The molecule has 8 heteroatoms. The number of nitrogens with zero attached hydrogens (tertiary/aromatic N) is 7. The molecule has 1 aliphatic heterocycles. The summed E-state index contributed by atoms with van der Waals surface area (Å²) >= 11 is 0. The van der Waals surface area contributed by atoms with Crippen molar-refractivity contribution in [1.29, 1.82) is 0 Å². The van der Waals surface area contributed by atoms with Crippen molar-refractivity contribution in [2.24, 2.45) is 0 Å². The highest BCUT2D eigenvalue weighted by Gasteiger charge is 2.31. The fourth-order valence-corrected chi connectivity index (χ4v) is 3.20. The number of carbonyl (C=O) groups is 1. The zero-order chi connectivity index (χ0) is 19.7. The number of anilines is 2. The van der Waals surface area contributed by atoms with E-state index >= 15 is 0 Å². The standard InChI is InChI=1S/C20H19N7O/c1-14(2)27-13-22-24-19(27)17-5-4-6-18(23-17)26-12-11-25(20(26)28)16-9-7-15(21-3)8-10-16/h4-10,13-14H,11-12H2,1-2H3. The number of hydrogen-bond acceptors (Lipinski definition) is 4. The highest BCUT2D eigenvalue weighted by atomic mass is 16.2. The molecule has 2 aromatic heterocycles. The molecule has 1 aliphatic rings. The number of urea groups is 1. The van der Waals surface area contributed by atoms with E-state index in [9.17, 15) is 4.79 Å². The molecule has 1 fully saturated rings. The largest absolute Gasteiger partial charge is 0.330 e. The van der Waals surface area contributed by atoms with Crippen LogP contribution in [-0.4, -0.2) is 38.9 Å². The molecule has 2 amide bonds. The molecule has 0 atom stereocenters. The van der Waals surface area contributed by atoms with Crippen molar-refractivity contribution < 1.29 is 4.79 Å². The molecule has 0 radical (unpaired) electrons. The molecule has 0 bridgehead atoms. The zero-order valence-electron chi connectivity index (χ0n) is 15.6. The molecule has 0 spiro atoms. The topological polar surface area (TPSA) is 71.5 Å². The fraction of sp³-hybridized carbons (Fsp3) is 0.250. The third-order valence-electron chi connectivity index (χ3n) is 4.67. The van der Waals surface area contributed by atoms with Gasteiger partial charge in [-0.15, -0.1) is 10.2 Å². The Bertz CT molecular complexity index is 1050. The van der Waals surface area contributed by atoms with Gasteiger partial charge in [0.15, 0.2) is 11.5 Å². The van der Waals surface area contributed by atoms with Crippen LogP contribution in [-0.2, 0) is 0 Å². The monoisotopic (exact) mass is 373 g/mol. The van der Waals surface area contributed by atoms with Gasteiger partial charge in [0.05, 0.1) is 6.57 Å². The normalized spacial score (nSPS) is 14.0. The minimum atomic E-state index is -0.134. The highest BCUT2D eigenvalue weighted by Crippen LogP contribution is 2.27. The van der Waals surface area contributed by atoms with Gasteiger partial charge in [0.25, 0.3) is 0 Å². The van der Waals surface area contributed by atoms with Crippen molar-refractivity contribution in [2.45, 2.75) is 19.9 Å². The Hall–Kier alpha value is -3.73. The summed E-state index contributed by atoms with van der Waals surface area (Å²) in [7, 11) is 0. The molecule has 4 rings (SSSR count). The summed E-state index contributed by atoms with van der Waals surface area (Å²) in [6.45, 7) is 12.3. The Morgan fingerprint density at radius 1 is 1.07 bits per heavy atom. The molecule has 3 heterocycles. The molecular weight excluding hydrogens is 354 g/mol. The summed E-state index contributed by atoms with van der Waals surface area (Å²) in [6, 6.07) is 12.7. The average Bonchev–Trinajstić information content (AvgIpc) is 3.35. The predicted octanol–water partition coefficient (Wildman–Crippen LogP) is 3.92. The SMILES string of the molecule is [C-]#[N+]c1ccc(N2CCN(c3cccc(-c4nncn4C(C)C)n3)C2=O)cc1. The van der Waals surface area contributed by atoms with Crippen molar-refractivity contribution in [3.8, 4) is 11.5 Å². The summed E-state index contributed by atoms with van der Waals surface area (Å²) in [4.78, 5) is 24.3. The maximum atomic E-state index is 13.0. The fourth-order valence-electron chi connectivity index (χ4n) is 3.20. The van der Waals surface area contributed by atoms with Gasteiger partial charge in [0.2, 0.25) is 0 Å². The van der Waals surface area contributed by atoms with Gasteiger partial charge in [-0.2, -0.15) is 0 Å². The first kappa shape index (κ1) is 17.7. The van der Waals surface area contributed by atoms with Crippen LogP contribution in [0.2, 0.25) is 0 Å². The Morgan fingerprint density at radius 3 is 2.54 bits per heavy atom. The Kier molecular flexibility index (Phi) is 4.49. The summed E-state index contributed by atoms with van der Waals surface area (Å²) < 4.78 is 1.95. The smallest absolute Gasteiger partial charge is 0.310 e. The lowest BCUT2D eigenvalue weighted by atomic mass is 10.2. The average molecular weight is 373 g/mol. The second kappa shape index (κ2) is 7.12. The minimum absolute atomic E-state index is 0.134. The lowest BCUT2D eigenvalue weighted by molar-refractivity contribution is 0.255. The molecule has 0 unspecified atom stereocenters. The molecular formula is C20H19N7O. The van der Waals surface area contributed by atoms with Crippen molar-refractivity contribution in [2.75, 3.05) is 22.9 Å². The first-order valence-electron chi connectivity index (χ1n) is 9.02. The van der Waals surface area contributed by atoms with Gasteiger partial charge in [0, 0.05) is 24.8 Å². The van der Waals surface area contributed by atoms with Crippen molar-refractivity contribution in [1.82, 2.24) is 19.7 Å². The number of benzene rings is 1. The molecule has 28 heavy (non-hydrogen) atoms. The molecule has 1 saturated heterocycles. The Labute approximate surface area is 162 Å². The van der Waals surface area contributed by atoms with Gasteiger partial charge in [-0.25, -0.2) is 14.6 Å². The number of carbonyl (C=O) groups excluding carboxylic acids is 1. The van der Waals surface area contributed by atoms with Gasteiger partial charge in [-0.05, 0) is 38.1 Å². The summed E-state index contributed by atoms with van der Waals surface area (Å²) in [5, 5.41) is 8.18. The molecule has 0 N–H and O–H groups in total. The third kappa shape index (κ3) is 3.07. The van der Waals surface area contributed by atoms with E-state index in [0.29, 0.717) is 36.1 Å². The number of aromatic nitrogens is 4. The van der Waals surface area contributed by atoms with E-state index in [0.717, 1.165) is 5.69 Å². The second-order valence-corrected chi connectivity index (χ2v) is 6.75. The maximum Gasteiger partial charge on any atom is 0.330 e. The molecule has 0 aliphatic carbocycles. The zero-order valence-corrected chi connectivity index (χ0v) is 15.6. The lowest BCUT2D eigenvalue weighted by Gasteiger charge is -2.19. The van der Waals surface area contributed by atoms with Gasteiger partial charge in [-0.3, -0.25) is 9.80 Å². The van der Waals surface area contributed by atoms with Crippen molar-refractivity contribution in [3.63, 3.8) is 0 Å². The van der Waals surface area contributed by atoms with E-state index in [1.54, 1.807) is 40.4 Å². The molecule has 0 saturated carbocycles. The number of amides is 2. The molecule has 1 aromatic carbocycles. The van der Waals surface area contributed by atoms with Gasteiger partial charge in [-0.1, -0.05) is 18.2 Å². The third-order valence-corrected chi connectivity index (χ3v) is 4.67. The molecule has 140 valence electrons. The maximum absolute atomic E-state index is 13.0. The number of hydrogen-bond donors (Lipinski definition) is 0. The number of pyridine rings is 1. The van der Waals surface area contributed by atoms with Crippen LogP contribution in [0.5, 0.6) is 0 Å². The van der Waals surface area contributed by atoms with E-state index in [1.165, 1.54) is 0 Å². The Morgan fingerprint density at radius 2 is 1.82 bits per heavy atom. The second-order valence-electron chi connectivity index (χ2n) is 6.75. The highest BCUT2D eigenvalue weighted by molar-refractivity contribution is 6.05. The summed E-state index contributed by atoms with van der Waals surface area (Å²) in [5.74, 6) is 1.26. The van der Waals surface area contributed by atoms with E-state index in [-0.39, 0.29) is 12.1 Å². The minimum Gasteiger partial charge on any atom is -0.310 e. The quantitative estimate of drug-likeness (QED) is 0.650. The van der Waals surface area contributed by atoms with Crippen LogP contribution in [0.4, 0.5) is 22.0 Å². The van der Waals surface area contributed by atoms with Gasteiger partial charge >= 0.3 is 6.03 Å². The number of rotatable bonds is 4. The van der Waals surface area contributed by atoms with Gasteiger partial charge < -0.3 is 4.57 Å². The summed E-state index contributed by atoms with van der Waals surface area (Å²) in [6.07, 6.45) is 1.68. The van der Waals surface area contributed by atoms with Crippen LogP contribution < -0.4 is 9.80 Å². The van der Waals surface area contributed by atoms with E-state index in [1.807, 2.05) is 22.8 Å². The summed E-state index contributed by atoms with van der Waals surface area (Å²) in [5.41, 5.74) is 2.00. The van der Waals surface area contributed by atoms with E-state index < -0.39 is 0 Å².